The third-order valence-electron chi connectivity index (χ3n) is 4.83. The minimum atomic E-state index is 0.563. The van der Waals surface area contributed by atoms with Gasteiger partial charge in [-0.2, -0.15) is 0 Å². The molecule has 4 nitrogen and oxygen atoms in total. The summed E-state index contributed by atoms with van der Waals surface area (Å²) in [7, 11) is 4.46. The molecule has 0 fully saturated rings. The quantitative estimate of drug-likeness (QED) is 0.765. The molecule has 0 radical (unpaired) electrons. The number of nitrogens with two attached hydrogens (primary N) is 1. The maximum Gasteiger partial charge on any atom is 0.179 e. The molecule has 140 valence electrons. The Balaban J connectivity index is 1.59. The molecule has 0 bridgehead atoms. The Morgan fingerprint density at radius 1 is 1.08 bits per heavy atom. The first-order valence-corrected chi connectivity index (χ1v) is 9.75. The summed E-state index contributed by atoms with van der Waals surface area (Å²) in [5.74, 6) is 1.46. The van der Waals surface area contributed by atoms with E-state index >= 15 is 0 Å². The highest BCUT2D eigenvalue weighted by Gasteiger charge is 2.19. The van der Waals surface area contributed by atoms with Crippen LogP contribution in [-0.2, 0) is 13.0 Å². The van der Waals surface area contributed by atoms with Gasteiger partial charge in [0.15, 0.2) is 11.5 Å². The Hall–Kier alpha value is -1.75. The van der Waals surface area contributed by atoms with Crippen molar-refractivity contribution in [3.05, 3.63) is 58.6 Å². The number of rotatable bonds is 7. The van der Waals surface area contributed by atoms with Crippen LogP contribution < -0.4 is 19.7 Å². The van der Waals surface area contributed by atoms with E-state index in [1.807, 2.05) is 6.07 Å². The number of likely N-dealkylation sites (N-methyl/N-ethyl adjacent to an activating group) is 1. The lowest BCUT2D eigenvalue weighted by molar-refractivity contribution is -0.903. The molecule has 1 heterocycles. The second-order valence-electron chi connectivity index (χ2n) is 7.15. The van der Waals surface area contributed by atoms with Crippen LogP contribution in [0, 0.1) is 0 Å². The van der Waals surface area contributed by atoms with Crippen molar-refractivity contribution >= 4 is 11.6 Å². The van der Waals surface area contributed by atoms with Gasteiger partial charge in [-0.25, -0.2) is 0 Å². The number of hydrogen-bond acceptors (Lipinski definition) is 2. The van der Waals surface area contributed by atoms with Crippen LogP contribution in [0.15, 0.2) is 42.5 Å². The number of quaternary nitrogens is 2. The fourth-order valence-corrected chi connectivity index (χ4v) is 3.56. The molecular formula is C21H29ClN2O2+2. The minimum absolute atomic E-state index is 0.563. The first-order valence-electron chi connectivity index (χ1n) is 9.37. The Bertz CT molecular complexity index is 707. The van der Waals surface area contributed by atoms with Crippen molar-refractivity contribution in [2.24, 2.45) is 0 Å². The number of benzene rings is 2. The van der Waals surface area contributed by atoms with Gasteiger partial charge in [-0.1, -0.05) is 41.9 Å². The maximum absolute atomic E-state index is 6.40. The molecule has 2 aromatic carbocycles. The van der Waals surface area contributed by atoms with E-state index in [-0.39, 0.29) is 0 Å². The number of hydrogen-bond donors (Lipinski definition) is 2. The van der Waals surface area contributed by atoms with Crippen molar-refractivity contribution in [3.63, 3.8) is 0 Å². The topological polar surface area (TPSA) is 39.5 Å². The van der Waals surface area contributed by atoms with E-state index in [1.54, 1.807) is 0 Å². The van der Waals surface area contributed by atoms with Gasteiger partial charge in [-0.15, -0.1) is 0 Å². The molecule has 0 spiro atoms. The zero-order valence-electron chi connectivity index (χ0n) is 15.6. The van der Waals surface area contributed by atoms with Crippen molar-refractivity contribution in [2.75, 3.05) is 33.9 Å². The zero-order chi connectivity index (χ0) is 18.4. The lowest BCUT2D eigenvalue weighted by atomic mass is 10.1. The number of nitrogens with one attached hydrogen (secondary N) is 1. The van der Waals surface area contributed by atoms with Gasteiger partial charge in [-0.3, -0.25) is 0 Å². The molecule has 2 aromatic rings. The van der Waals surface area contributed by atoms with Gasteiger partial charge in [0, 0.05) is 18.4 Å². The molecule has 0 aromatic heterocycles. The molecule has 1 aliphatic heterocycles. The predicted octanol–water partition coefficient (Wildman–Crippen LogP) is 1.32. The fraction of sp³-hybridized carbons (Fsp3) is 0.429. The van der Waals surface area contributed by atoms with E-state index in [2.05, 4.69) is 55.8 Å². The summed E-state index contributed by atoms with van der Waals surface area (Å²) in [6, 6.07) is 15.3. The molecule has 26 heavy (non-hydrogen) atoms. The molecule has 0 saturated heterocycles. The van der Waals surface area contributed by atoms with E-state index < -0.39 is 0 Å². The third kappa shape index (κ3) is 5.13. The van der Waals surface area contributed by atoms with Crippen LogP contribution in [0.5, 0.6) is 11.5 Å². The highest BCUT2D eigenvalue weighted by atomic mass is 35.5. The number of fused-ring (bicyclic) bond motifs is 1. The second kappa shape index (κ2) is 9.26. The predicted molar refractivity (Wildman–Crippen MR) is 104 cm³/mol. The van der Waals surface area contributed by atoms with Crippen molar-refractivity contribution < 1.29 is 19.7 Å². The molecule has 0 saturated carbocycles. The summed E-state index contributed by atoms with van der Waals surface area (Å²) >= 11 is 6.40. The second-order valence-corrected chi connectivity index (χ2v) is 7.56. The Kier molecular flexibility index (Phi) is 6.78. The van der Waals surface area contributed by atoms with Gasteiger partial charge in [0.1, 0.15) is 19.1 Å². The average molecular weight is 377 g/mol. The molecule has 0 unspecified atom stereocenters. The highest BCUT2D eigenvalue weighted by molar-refractivity contribution is 6.32. The average Bonchev–Trinajstić information content (AvgIpc) is 2.87. The van der Waals surface area contributed by atoms with Crippen LogP contribution in [0.2, 0.25) is 5.02 Å². The Morgan fingerprint density at radius 2 is 1.85 bits per heavy atom. The van der Waals surface area contributed by atoms with Gasteiger partial charge < -0.3 is 19.7 Å². The van der Waals surface area contributed by atoms with Crippen molar-refractivity contribution in [3.8, 4) is 11.5 Å². The Morgan fingerprint density at radius 3 is 2.62 bits per heavy atom. The van der Waals surface area contributed by atoms with Crippen molar-refractivity contribution in [2.45, 2.75) is 25.4 Å². The number of ether oxygens (including phenoxy) is 2. The monoisotopic (exact) mass is 376 g/mol. The summed E-state index contributed by atoms with van der Waals surface area (Å²) in [6.45, 7) is 3.28. The van der Waals surface area contributed by atoms with E-state index in [4.69, 9.17) is 21.1 Å². The fourth-order valence-electron chi connectivity index (χ4n) is 3.27. The molecule has 3 rings (SSSR count). The highest BCUT2D eigenvalue weighted by Crippen LogP contribution is 2.37. The third-order valence-corrected chi connectivity index (χ3v) is 5.12. The zero-order valence-corrected chi connectivity index (χ0v) is 16.4. The molecule has 1 atom stereocenters. The summed E-state index contributed by atoms with van der Waals surface area (Å²) in [5.41, 5.74) is 2.57. The van der Waals surface area contributed by atoms with Crippen LogP contribution in [0.1, 0.15) is 17.5 Å². The molecule has 3 N–H and O–H groups in total. The molecule has 1 aliphatic rings. The van der Waals surface area contributed by atoms with Crippen LogP contribution in [0.3, 0.4) is 0 Å². The van der Waals surface area contributed by atoms with Gasteiger partial charge in [-0.05, 0) is 17.7 Å². The SMILES string of the molecule is C[NH+](C)[C@@H](C[NH2+]Cc1cc(Cl)c2c(c1)OCCCO2)Cc1ccccc1. The van der Waals surface area contributed by atoms with E-state index in [0.29, 0.717) is 30.0 Å². The Labute approximate surface area is 161 Å². The van der Waals surface area contributed by atoms with Crippen LogP contribution in [0.25, 0.3) is 0 Å². The van der Waals surface area contributed by atoms with Crippen LogP contribution in [0.4, 0.5) is 0 Å². The molecular weight excluding hydrogens is 348 g/mol. The largest absolute Gasteiger partial charge is 0.489 e. The summed E-state index contributed by atoms with van der Waals surface area (Å²) in [5, 5.41) is 3.00. The molecule has 0 amide bonds. The van der Waals surface area contributed by atoms with Crippen molar-refractivity contribution in [1.29, 1.82) is 0 Å². The van der Waals surface area contributed by atoms with E-state index in [9.17, 15) is 0 Å². The lowest BCUT2D eigenvalue weighted by Gasteiger charge is -2.20. The van der Waals surface area contributed by atoms with Gasteiger partial charge in [0.25, 0.3) is 0 Å². The standard InChI is InChI=1S/C21H27ClN2O2/c1-24(2)18(11-16-7-4-3-5-8-16)15-23-14-17-12-19(22)21-20(13-17)25-9-6-10-26-21/h3-5,7-8,12-13,18,23H,6,9-11,14-15H2,1-2H3/p+2/t18-/m1/s1. The lowest BCUT2D eigenvalue weighted by Crippen LogP contribution is -3.14. The minimum Gasteiger partial charge on any atom is -0.489 e. The smallest absolute Gasteiger partial charge is 0.179 e. The van der Waals surface area contributed by atoms with Crippen LogP contribution >= 0.6 is 11.6 Å². The number of halogens is 1. The van der Waals surface area contributed by atoms with Crippen LogP contribution in [-0.4, -0.2) is 39.9 Å². The van der Waals surface area contributed by atoms with Gasteiger partial charge in [0.05, 0.1) is 32.3 Å². The van der Waals surface area contributed by atoms with Gasteiger partial charge >= 0.3 is 0 Å². The molecule has 5 heteroatoms. The summed E-state index contributed by atoms with van der Waals surface area (Å²) < 4.78 is 11.5. The van der Waals surface area contributed by atoms with Gasteiger partial charge in [0.2, 0.25) is 0 Å². The maximum atomic E-state index is 6.40. The first kappa shape index (κ1) is 19.0. The van der Waals surface area contributed by atoms with E-state index in [0.717, 1.165) is 31.7 Å². The first-order chi connectivity index (χ1) is 12.6. The normalized spacial score (nSPS) is 14.9. The van der Waals surface area contributed by atoms with Crippen molar-refractivity contribution in [1.82, 2.24) is 0 Å². The van der Waals surface area contributed by atoms with E-state index in [1.165, 1.54) is 16.0 Å². The summed E-state index contributed by atoms with van der Waals surface area (Å²) in [4.78, 5) is 1.47. The summed E-state index contributed by atoms with van der Waals surface area (Å²) in [6.07, 6.45) is 1.97. The molecule has 0 aliphatic carbocycles.